The fourth-order valence-electron chi connectivity index (χ4n) is 1.71. The molecule has 18 heavy (non-hydrogen) atoms. The minimum Gasteiger partial charge on any atom is -0.264 e. The molecule has 3 heteroatoms. The quantitative estimate of drug-likeness (QED) is 0.682. The highest BCUT2D eigenvalue weighted by atomic mass is 14.8. The van der Waals surface area contributed by atoms with E-state index in [2.05, 4.69) is 15.0 Å². The van der Waals surface area contributed by atoms with E-state index in [4.69, 9.17) is 0 Å². The van der Waals surface area contributed by atoms with Gasteiger partial charge in [0.05, 0.1) is 22.9 Å². The Kier molecular flexibility index (Phi) is 2.80. The Bertz CT molecular complexity index is 690. The highest BCUT2D eigenvalue weighted by molar-refractivity contribution is 5.76. The zero-order chi connectivity index (χ0) is 12.2. The van der Waals surface area contributed by atoms with E-state index in [0.717, 1.165) is 22.3 Å². The first-order valence-corrected chi connectivity index (χ1v) is 5.72. The zero-order valence-corrected chi connectivity index (χ0v) is 9.69. The van der Waals surface area contributed by atoms with Gasteiger partial charge in [0.2, 0.25) is 0 Å². The van der Waals surface area contributed by atoms with E-state index in [0.29, 0.717) is 0 Å². The number of rotatable bonds is 2. The standard InChI is InChI=1S/C15H11N3/c1-2-6-15-14(5-1)17-11-13(18-15)8-7-12-4-3-9-16-10-12/h1-11H/b8-7+. The van der Waals surface area contributed by atoms with E-state index in [9.17, 15) is 0 Å². The summed E-state index contributed by atoms with van der Waals surface area (Å²) in [6.45, 7) is 0. The Balaban J connectivity index is 1.93. The SMILES string of the molecule is C(=C\c1cnc2ccccc2n1)/c1cccnc1. The molecule has 0 aliphatic rings. The number of hydrogen-bond acceptors (Lipinski definition) is 3. The second-order valence-corrected chi connectivity index (χ2v) is 3.90. The van der Waals surface area contributed by atoms with Crippen molar-refractivity contribution in [3.05, 3.63) is 66.2 Å². The minimum absolute atomic E-state index is 0.845. The molecule has 0 saturated carbocycles. The van der Waals surface area contributed by atoms with Crippen LogP contribution in [0.25, 0.3) is 23.2 Å². The van der Waals surface area contributed by atoms with Gasteiger partial charge in [-0.3, -0.25) is 9.97 Å². The average molecular weight is 233 g/mol. The van der Waals surface area contributed by atoms with Gasteiger partial charge in [0.15, 0.2) is 0 Å². The third-order valence-corrected chi connectivity index (χ3v) is 2.60. The van der Waals surface area contributed by atoms with Gasteiger partial charge >= 0.3 is 0 Å². The van der Waals surface area contributed by atoms with Crippen molar-refractivity contribution in [3.63, 3.8) is 0 Å². The van der Waals surface area contributed by atoms with Gasteiger partial charge in [-0.2, -0.15) is 0 Å². The number of aromatic nitrogens is 3. The summed E-state index contributed by atoms with van der Waals surface area (Å²) in [5, 5.41) is 0. The predicted molar refractivity (Wildman–Crippen MR) is 72.7 cm³/mol. The smallest absolute Gasteiger partial charge is 0.0894 e. The minimum atomic E-state index is 0.845. The molecule has 0 bridgehead atoms. The molecule has 0 aliphatic heterocycles. The van der Waals surface area contributed by atoms with Crippen LogP contribution in [0.1, 0.15) is 11.3 Å². The van der Waals surface area contributed by atoms with E-state index in [1.807, 2.05) is 54.7 Å². The Hall–Kier alpha value is -2.55. The molecule has 0 N–H and O–H groups in total. The molecule has 0 radical (unpaired) electrons. The van der Waals surface area contributed by atoms with Crippen LogP contribution < -0.4 is 0 Å². The second kappa shape index (κ2) is 4.75. The first kappa shape index (κ1) is 10.6. The van der Waals surface area contributed by atoms with Crippen molar-refractivity contribution in [1.82, 2.24) is 15.0 Å². The van der Waals surface area contributed by atoms with Crippen LogP contribution in [0.5, 0.6) is 0 Å². The Morgan fingerprint density at radius 3 is 2.56 bits per heavy atom. The molecular weight excluding hydrogens is 222 g/mol. The zero-order valence-electron chi connectivity index (χ0n) is 9.69. The number of pyridine rings is 1. The Morgan fingerprint density at radius 2 is 1.72 bits per heavy atom. The van der Waals surface area contributed by atoms with Crippen molar-refractivity contribution in [1.29, 1.82) is 0 Å². The molecule has 0 spiro atoms. The third kappa shape index (κ3) is 2.25. The largest absolute Gasteiger partial charge is 0.264 e. The van der Waals surface area contributed by atoms with Crippen LogP contribution in [0.4, 0.5) is 0 Å². The van der Waals surface area contributed by atoms with Crippen LogP contribution in [0.15, 0.2) is 55.0 Å². The number of fused-ring (bicyclic) bond motifs is 1. The van der Waals surface area contributed by atoms with Gasteiger partial charge in [-0.1, -0.05) is 24.3 Å². The number of benzene rings is 1. The van der Waals surface area contributed by atoms with Crippen LogP contribution in [0, 0.1) is 0 Å². The first-order chi connectivity index (χ1) is 8.92. The van der Waals surface area contributed by atoms with Gasteiger partial charge < -0.3 is 0 Å². The normalized spacial score (nSPS) is 11.1. The molecule has 3 aromatic rings. The molecule has 0 amide bonds. The van der Waals surface area contributed by atoms with Crippen molar-refractivity contribution < 1.29 is 0 Å². The van der Waals surface area contributed by atoms with Gasteiger partial charge in [0.25, 0.3) is 0 Å². The van der Waals surface area contributed by atoms with Crippen molar-refractivity contribution in [2.24, 2.45) is 0 Å². The Morgan fingerprint density at radius 1 is 0.833 bits per heavy atom. The molecule has 0 unspecified atom stereocenters. The average Bonchev–Trinajstić information content (AvgIpc) is 2.46. The van der Waals surface area contributed by atoms with E-state index in [1.165, 1.54) is 0 Å². The van der Waals surface area contributed by atoms with Gasteiger partial charge in [-0.25, -0.2) is 4.98 Å². The van der Waals surface area contributed by atoms with E-state index < -0.39 is 0 Å². The van der Waals surface area contributed by atoms with E-state index >= 15 is 0 Å². The molecular formula is C15H11N3. The second-order valence-electron chi connectivity index (χ2n) is 3.90. The van der Waals surface area contributed by atoms with Gasteiger partial charge in [0.1, 0.15) is 0 Å². The van der Waals surface area contributed by atoms with Crippen LogP contribution in [0.3, 0.4) is 0 Å². The summed E-state index contributed by atoms with van der Waals surface area (Å²) in [5.74, 6) is 0. The molecule has 2 heterocycles. The summed E-state index contributed by atoms with van der Waals surface area (Å²) in [7, 11) is 0. The molecule has 1 aromatic carbocycles. The van der Waals surface area contributed by atoms with Gasteiger partial charge in [-0.15, -0.1) is 0 Å². The molecule has 3 rings (SSSR count). The maximum atomic E-state index is 4.52. The molecule has 2 aromatic heterocycles. The van der Waals surface area contributed by atoms with Gasteiger partial charge in [0, 0.05) is 12.4 Å². The molecule has 0 fully saturated rings. The highest BCUT2D eigenvalue weighted by Gasteiger charge is 1.95. The molecule has 0 atom stereocenters. The fourth-order valence-corrected chi connectivity index (χ4v) is 1.71. The molecule has 3 nitrogen and oxygen atoms in total. The molecule has 0 saturated heterocycles. The maximum Gasteiger partial charge on any atom is 0.0894 e. The van der Waals surface area contributed by atoms with Crippen molar-refractivity contribution >= 4 is 23.2 Å². The predicted octanol–water partition coefficient (Wildman–Crippen LogP) is 3.20. The summed E-state index contributed by atoms with van der Waals surface area (Å²) in [5.41, 5.74) is 3.71. The van der Waals surface area contributed by atoms with Crippen LogP contribution in [-0.2, 0) is 0 Å². The number of nitrogens with zero attached hydrogens (tertiary/aromatic N) is 3. The van der Waals surface area contributed by atoms with Crippen molar-refractivity contribution in [3.8, 4) is 0 Å². The van der Waals surface area contributed by atoms with E-state index in [-0.39, 0.29) is 0 Å². The third-order valence-electron chi connectivity index (χ3n) is 2.60. The molecule has 0 aliphatic carbocycles. The lowest BCUT2D eigenvalue weighted by atomic mass is 10.2. The van der Waals surface area contributed by atoms with Crippen molar-refractivity contribution in [2.75, 3.05) is 0 Å². The lowest BCUT2D eigenvalue weighted by Crippen LogP contribution is -1.86. The number of hydrogen-bond donors (Lipinski definition) is 0. The lowest BCUT2D eigenvalue weighted by Gasteiger charge is -1.97. The topological polar surface area (TPSA) is 38.7 Å². The summed E-state index contributed by atoms with van der Waals surface area (Å²) in [6.07, 6.45) is 9.26. The first-order valence-electron chi connectivity index (χ1n) is 5.72. The van der Waals surface area contributed by atoms with Crippen LogP contribution >= 0.6 is 0 Å². The van der Waals surface area contributed by atoms with Gasteiger partial charge in [-0.05, 0) is 29.8 Å². The summed E-state index contributed by atoms with van der Waals surface area (Å²) in [6, 6.07) is 11.7. The molecule has 86 valence electrons. The van der Waals surface area contributed by atoms with E-state index in [1.54, 1.807) is 12.4 Å². The van der Waals surface area contributed by atoms with Crippen molar-refractivity contribution in [2.45, 2.75) is 0 Å². The Labute approximate surface area is 105 Å². The number of para-hydroxylation sites is 2. The maximum absolute atomic E-state index is 4.52. The monoisotopic (exact) mass is 233 g/mol. The van der Waals surface area contributed by atoms with Crippen LogP contribution in [0.2, 0.25) is 0 Å². The van der Waals surface area contributed by atoms with Crippen LogP contribution in [-0.4, -0.2) is 15.0 Å². The summed E-state index contributed by atoms with van der Waals surface area (Å²) < 4.78 is 0. The fraction of sp³-hybridized carbons (Fsp3) is 0. The lowest BCUT2D eigenvalue weighted by molar-refractivity contribution is 1.27. The summed E-state index contributed by atoms with van der Waals surface area (Å²) in [4.78, 5) is 12.9. The highest BCUT2D eigenvalue weighted by Crippen LogP contribution is 2.10. The summed E-state index contributed by atoms with van der Waals surface area (Å²) >= 11 is 0.